The largest absolute Gasteiger partial charge is 0.436 e. The average Bonchev–Trinajstić information content (AvgIpc) is 2.80. The molecule has 0 bridgehead atoms. The molecule has 2 heterocycles. The average molecular weight is 339 g/mol. The standard InChI is InChI=1S/C15H13ClF2N4O/c1-7(2)22-8(3)20-13-10(17)4-9(5-12(13)22)23-14-11(18)6-19-15(16)21-14/h4-7H,1-3H3. The van der Waals surface area contributed by atoms with Crippen molar-refractivity contribution in [2.24, 2.45) is 0 Å². The van der Waals surface area contributed by atoms with E-state index >= 15 is 0 Å². The lowest BCUT2D eigenvalue weighted by Gasteiger charge is -2.12. The summed E-state index contributed by atoms with van der Waals surface area (Å²) in [5, 5.41) is -0.161. The van der Waals surface area contributed by atoms with Gasteiger partial charge < -0.3 is 9.30 Å². The number of ether oxygens (including phenoxy) is 1. The topological polar surface area (TPSA) is 52.8 Å². The number of fused-ring (bicyclic) bond motifs is 1. The molecule has 0 atom stereocenters. The zero-order valence-corrected chi connectivity index (χ0v) is 13.4. The van der Waals surface area contributed by atoms with Crippen molar-refractivity contribution in [3.8, 4) is 11.6 Å². The third-order valence-corrected chi connectivity index (χ3v) is 3.49. The van der Waals surface area contributed by atoms with E-state index in [4.69, 9.17) is 16.3 Å². The number of aryl methyl sites for hydroxylation is 1. The normalized spacial score (nSPS) is 11.4. The smallest absolute Gasteiger partial charge is 0.260 e. The second-order valence-corrected chi connectivity index (χ2v) is 5.63. The molecule has 0 fully saturated rings. The minimum Gasteiger partial charge on any atom is -0.436 e. The Labute approximate surface area is 135 Å². The van der Waals surface area contributed by atoms with E-state index in [1.807, 2.05) is 18.4 Å². The monoisotopic (exact) mass is 338 g/mol. The molecule has 0 saturated heterocycles. The van der Waals surface area contributed by atoms with E-state index in [-0.39, 0.29) is 28.5 Å². The van der Waals surface area contributed by atoms with Gasteiger partial charge in [0, 0.05) is 18.2 Å². The number of halogens is 3. The van der Waals surface area contributed by atoms with E-state index in [1.165, 1.54) is 0 Å². The summed E-state index contributed by atoms with van der Waals surface area (Å²) < 4.78 is 35.1. The third kappa shape index (κ3) is 2.84. The molecule has 0 aliphatic carbocycles. The molecule has 0 N–H and O–H groups in total. The number of nitrogens with zero attached hydrogens (tertiary/aromatic N) is 4. The van der Waals surface area contributed by atoms with Crippen LogP contribution in [0.2, 0.25) is 5.28 Å². The highest BCUT2D eigenvalue weighted by Crippen LogP contribution is 2.30. The van der Waals surface area contributed by atoms with E-state index in [1.54, 1.807) is 13.0 Å². The van der Waals surface area contributed by atoms with Gasteiger partial charge in [-0.15, -0.1) is 0 Å². The van der Waals surface area contributed by atoms with Crippen LogP contribution in [0.1, 0.15) is 25.7 Å². The molecule has 0 aliphatic heterocycles. The Morgan fingerprint density at radius 3 is 2.61 bits per heavy atom. The Kier molecular flexibility index (Phi) is 3.89. The van der Waals surface area contributed by atoms with Crippen LogP contribution in [0.4, 0.5) is 8.78 Å². The second-order valence-electron chi connectivity index (χ2n) is 5.29. The van der Waals surface area contributed by atoms with Crippen LogP contribution >= 0.6 is 11.6 Å². The first-order chi connectivity index (χ1) is 10.9. The van der Waals surface area contributed by atoms with Gasteiger partial charge in [0.1, 0.15) is 17.1 Å². The summed E-state index contributed by atoms with van der Waals surface area (Å²) in [6.07, 6.45) is 0.891. The summed E-state index contributed by atoms with van der Waals surface area (Å²) in [5.41, 5.74) is 0.804. The number of hydrogen-bond acceptors (Lipinski definition) is 4. The number of benzene rings is 1. The van der Waals surface area contributed by atoms with Crippen LogP contribution in [0.25, 0.3) is 11.0 Å². The van der Waals surface area contributed by atoms with Crippen LogP contribution in [-0.4, -0.2) is 19.5 Å². The van der Waals surface area contributed by atoms with Crippen molar-refractivity contribution in [3.63, 3.8) is 0 Å². The Balaban J connectivity index is 2.12. The molecule has 5 nitrogen and oxygen atoms in total. The first kappa shape index (κ1) is 15.6. The molecule has 0 spiro atoms. The fourth-order valence-electron chi connectivity index (χ4n) is 2.47. The van der Waals surface area contributed by atoms with Crippen LogP contribution in [0.3, 0.4) is 0 Å². The summed E-state index contributed by atoms with van der Waals surface area (Å²) in [6, 6.07) is 2.81. The molecule has 0 saturated carbocycles. The van der Waals surface area contributed by atoms with E-state index in [0.717, 1.165) is 12.3 Å². The molecular formula is C15H13ClF2N4O. The van der Waals surface area contributed by atoms with Crippen molar-refractivity contribution in [3.05, 3.63) is 41.1 Å². The number of imidazole rings is 1. The molecule has 120 valence electrons. The van der Waals surface area contributed by atoms with Crippen LogP contribution in [-0.2, 0) is 0 Å². The van der Waals surface area contributed by atoms with Crippen molar-refractivity contribution in [2.75, 3.05) is 0 Å². The van der Waals surface area contributed by atoms with Crippen molar-refractivity contribution < 1.29 is 13.5 Å². The fraction of sp³-hybridized carbons (Fsp3) is 0.267. The molecule has 0 unspecified atom stereocenters. The second kappa shape index (κ2) is 5.73. The maximum absolute atomic E-state index is 14.3. The molecule has 2 aromatic heterocycles. The Morgan fingerprint density at radius 1 is 1.17 bits per heavy atom. The van der Waals surface area contributed by atoms with Gasteiger partial charge >= 0.3 is 0 Å². The van der Waals surface area contributed by atoms with Crippen molar-refractivity contribution >= 4 is 22.6 Å². The molecule has 1 aromatic carbocycles. The lowest BCUT2D eigenvalue weighted by Crippen LogP contribution is -2.03. The predicted octanol–water partition coefficient (Wildman–Crippen LogP) is 4.44. The third-order valence-electron chi connectivity index (χ3n) is 3.31. The van der Waals surface area contributed by atoms with Crippen LogP contribution in [0.5, 0.6) is 11.6 Å². The number of hydrogen-bond donors (Lipinski definition) is 0. The van der Waals surface area contributed by atoms with Gasteiger partial charge in [0.25, 0.3) is 5.88 Å². The lowest BCUT2D eigenvalue weighted by molar-refractivity contribution is 0.417. The predicted molar refractivity (Wildman–Crippen MR) is 81.9 cm³/mol. The summed E-state index contributed by atoms with van der Waals surface area (Å²) in [6.45, 7) is 5.72. The zero-order chi connectivity index (χ0) is 16.7. The fourth-order valence-corrected chi connectivity index (χ4v) is 2.60. The van der Waals surface area contributed by atoms with Crippen LogP contribution < -0.4 is 4.74 Å². The van der Waals surface area contributed by atoms with E-state index < -0.39 is 11.6 Å². The Bertz CT molecular complexity index is 895. The highest BCUT2D eigenvalue weighted by molar-refractivity contribution is 6.28. The number of rotatable bonds is 3. The van der Waals surface area contributed by atoms with Crippen LogP contribution in [0.15, 0.2) is 18.3 Å². The summed E-state index contributed by atoms with van der Waals surface area (Å²) in [5.74, 6) is -0.923. The molecule has 0 amide bonds. The van der Waals surface area contributed by atoms with Gasteiger partial charge in [0.05, 0.1) is 11.7 Å². The van der Waals surface area contributed by atoms with E-state index in [9.17, 15) is 8.78 Å². The zero-order valence-electron chi connectivity index (χ0n) is 12.6. The molecule has 8 heteroatoms. The van der Waals surface area contributed by atoms with Gasteiger partial charge in [0.2, 0.25) is 11.1 Å². The first-order valence-corrected chi connectivity index (χ1v) is 7.28. The van der Waals surface area contributed by atoms with Gasteiger partial charge in [-0.05, 0) is 32.4 Å². The SMILES string of the molecule is Cc1nc2c(F)cc(Oc3nc(Cl)ncc3F)cc2n1C(C)C. The van der Waals surface area contributed by atoms with Gasteiger partial charge in [-0.1, -0.05) is 0 Å². The quantitative estimate of drug-likeness (QED) is 0.662. The van der Waals surface area contributed by atoms with Crippen molar-refractivity contribution in [1.29, 1.82) is 0 Å². The van der Waals surface area contributed by atoms with Crippen molar-refractivity contribution in [2.45, 2.75) is 26.8 Å². The summed E-state index contributed by atoms with van der Waals surface area (Å²) >= 11 is 5.62. The number of aromatic nitrogens is 4. The molecule has 0 radical (unpaired) electrons. The van der Waals surface area contributed by atoms with Gasteiger partial charge in [-0.3, -0.25) is 0 Å². The maximum atomic E-state index is 14.3. The van der Waals surface area contributed by atoms with E-state index in [0.29, 0.717) is 11.3 Å². The van der Waals surface area contributed by atoms with Gasteiger partial charge in [-0.2, -0.15) is 9.37 Å². The van der Waals surface area contributed by atoms with Gasteiger partial charge in [-0.25, -0.2) is 14.4 Å². The summed E-state index contributed by atoms with van der Waals surface area (Å²) in [4.78, 5) is 11.4. The highest BCUT2D eigenvalue weighted by Gasteiger charge is 2.17. The highest BCUT2D eigenvalue weighted by atomic mass is 35.5. The van der Waals surface area contributed by atoms with Crippen LogP contribution in [0, 0.1) is 18.6 Å². The Hall–Kier alpha value is -2.28. The maximum Gasteiger partial charge on any atom is 0.260 e. The minimum atomic E-state index is -0.788. The minimum absolute atomic E-state index is 0.0832. The lowest BCUT2D eigenvalue weighted by atomic mass is 10.2. The molecule has 3 rings (SSSR count). The molecule has 3 aromatic rings. The molecule has 0 aliphatic rings. The Morgan fingerprint density at radius 2 is 1.91 bits per heavy atom. The summed E-state index contributed by atoms with van der Waals surface area (Å²) in [7, 11) is 0. The first-order valence-electron chi connectivity index (χ1n) is 6.90. The molecular weight excluding hydrogens is 326 g/mol. The van der Waals surface area contributed by atoms with Gasteiger partial charge in [0.15, 0.2) is 5.82 Å². The van der Waals surface area contributed by atoms with E-state index in [2.05, 4.69) is 15.0 Å². The molecule has 23 heavy (non-hydrogen) atoms. The van der Waals surface area contributed by atoms with Crippen molar-refractivity contribution in [1.82, 2.24) is 19.5 Å².